The Bertz CT molecular complexity index is 685. The lowest BCUT2D eigenvalue weighted by molar-refractivity contribution is 0.190. The van der Waals surface area contributed by atoms with Gasteiger partial charge in [0.2, 0.25) is 0 Å². The molecular formula is C18H21ClN2OS. The van der Waals surface area contributed by atoms with Crippen LogP contribution in [-0.4, -0.2) is 17.5 Å². The highest BCUT2D eigenvalue weighted by molar-refractivity contribution is 7.12. The third kappa shape index (κ3) is 3.88. The summed E-state index contributed by atoms with van der Waals surface area (Å²) in [6, 6.07) is 11.8. The van der Waals surface area contributed by atoms with E-state index in [0.717, 1.165) is 25.8 Å². The molecule has 1 saturated heterocycles. The molecule has 5 heteroatoms. The van der Waals surface area contributed by atoms with Crippen LogP contribution in [-0.2, 0) is 0 Å². The van der Waals surface area contributed by atoms with E-state index in [4.69, 9.17) is 11.6 Å². The Hall–Kier alpha value is -1.52. The van der Waals surface area contributed by atoms with E-state index >= 15 is 0 Å². The third-order valence-corrected chi connectivity index (χ3v) is 5.65. The van der Waals surface area contributed by atoms with Crippen LogP contribution in [0.2, 0.25) is 5.02 Å². The maximum atomic E-state index is 12.8. The summed E-state index contributed by atoms with van der Waals surface area (Å²) in [4.78, 5) is 17.4. The summed E-state index contributed by atoms with van der Waals surface area (Å²) in [7, 11) is 0. The van der Waals surface area contributed by atoms with E-state index in [2.05, 4.69) is 24.4 Å². The number of hydrogen-bond acceptors (Lipinski definition) is 2. The highest BCUT2D eigenvalue weighted by Crippen LogP contribution is 2.35. The zero-order valence-electron chi connectivity index (χ0n) is 13.2. The van der Waals surface area contributed by atoms with Crippen LogP contribution in [0.3, 0.4) is 0 Å². The van der Waals surface area contributed by atoms with Crippen LogP contribution in [0.1, 0.15) is 41.5 Å². The normalized spacial score (nSPS) is 18.5. The minimum absolute atomic E-state index is 0.0592. The van der Waals surface area contributed by atoms with Gasteiger partial charge in [0.15, 0.2) is 0 Å². The Kier molecular flexibility index (Phi) is 5.23. The lowest BCUT2D eigenvalue weighted by Crippen LogP contribution is -2.37. The minimum atomic E-state index is -0.0592. The third-order valence-electron chi connectivity index (χ3n) is 4.22. The fourth-order valence-corrected chi connectivity index (χ4v) is 4.24. The van der Waals surface area contributed by atoms with Crippen molar-refractivity contribution in [3.63, 3.8) is 0 Å². The van der Waals surface area contributed by atoms with Gasteiger partial charge in [-0.1, -0.05) is 36.6 Å². The topological polar surface area (TPSA) is 32.3 Å². The summed E-state index contributed by atoms with van der Waals surface area (Å²) in [5, 5.41) is 3.54. The van der Waals surface area contributed by atoms with Crippen molar-refractivity contribution in [3.05, 3.63) is 51.2 Å². The molecule has 0 bridgehead atoms. The van der Waals surface area contributed by atoms with Crippen LogP contribution in [0.5, 0.6) is 0 Å². The van der Waals surface area contributed by atoms with E-state index in [1.165, 1.54) is 16.2 Å². The van der Waals surface area contributed by atoms with E-state index in [9.17, 15) is 4.79 Å². The summed E-state index contributed by atoms with van der Waals surface area (Å²) in [6.45, 7) is 2.90. The van der Waals surface area contributed by atoms with E-state index in [0.29, 0.717) is 10.7 Å². The summed E-state index contributed by atoms with van der Waals surface area (Å²) in [6.07, 6.45) is 4.42. The first-order chi connectivity index (χ1) is 11.1. The quantitative estimate of drug-likeness (QED) is 0.724. The summed E-state index contributed by atoms with van der Waals surface area (Å²) < 4.78 is 0. The second-order valence-corrected chi connectivity index (χ2v) is 7.64. The predicted molar refractivity (Wildman–Crippen MR) is 97.4 cm³/mol. The van der Waals surface area contributed by atoms with Crippen LogP contribution in [0.25, 0.3) is 0 Å². The monoisotopic (exact) mass is 348 g/mol. The molecule has 1 aliphatic rings. The Balaban J connectivity index is 1.81. The van der Waals surface area contributed by atoms with Crippen molar-refractivity contribution in [2.24, 2.45) is 0 Å². The number of halogens is 1. The Morgan fingerprint density at radius 1 is 1.22 bits per heavy atom. The molecule has 0 unspecified atom stereocenters. The molecule has 3 nitrogen and oxygen atoms in total. The van der Waals surface area contributed by atoms with Crippen LogP contribution >= 0.6 is 22.9 Å². The predicted octanol–water partition coefficient (Wildman–Crippen LogP) is 5.86. The lowest BCUT2D eigenvalue weighted by Gasteiger charge is -2.29. The van der Waals surface area contributed by atoms with Gasteiger partial charge in [-0.2, -0.15) is 0 Å². The molecule has 1 aliphatic heterocycles. The first-order valence-corrected chi connectivity index (χ1v) is 9.23. The minimum Gasteiger partial charge on any atom is -0.317 e. The van der Waals surface area contributed by atoms with E-state index < -0.39 is 0 Å². The molecule has 1 fully saturated rings. The second-order valence-electron chi connectivity index (χ2n) is 5.92. The lowest BCUT2D eigenvalue weighted by atomic mass is 10.1. The molecule has 0 radical (unpaired) electrons. The number of urea groups is 1. The molecule has 23 heavy (non-hydrogen) atoms. The number of carbonyl (C=O) groups is 1. The molecule has 0 aliphatic carbocycles. The summed E-state index contributed by atoms with van der Waals surface area (Å²) in [5.74, 6) is 0. The van der Waals surface area contributed by atoms with Crippen LogP contribution in [0.15, 0.2) is 36.4 Å². The Morgan fingerprint density at radius 2 is 2.04 bits per heavy atom. The van der Waals surface area contributed by atoms with E-state index in [1.807, 2.05) is 23.1 Å². The van der Waals surface area contributed by atoms with Gasteiger partial charge in [-0.3, -0.25) is 0 Å². The second kappa shape index (κ2) is 7.37. The first-order valence-electron chi connectivity index (χ1n) is 8.03. The van der Waals surface area contributed by atoms with Crippen molar-refractivity contribution >= 4 is 34.7 Å². The molecule has 1 aromatic heterocycles. The maximum Gasteiger partial charge on any atom is 0.322 e. The number of carbonyl (C=O) groups excluding carboxylic acids is 1. The van der Waals surface area contributed by atoms with Crippen LogP contribution in [0, 0.1) is 6.92 Å². The smallest absolute Gasteiger partial charge is 0.317 e. The van der Waals surface area contributed by atoms with Crippen molar-refractivity contribution in [2.75, 3.05) is 11.9 Å². The van der Waals surface area contributed by atoms with E-state index in [-0.39, 0.29) is 12.1 Å². The number of likely N-dealkylation sites (tertiary alicyclic amines) is 1. The number of thiophene rings is 1. The Morgan fingerprint density at radius 3 is 2.78 bits per heavy atom. The van der Waals surface area contributed by atoms with Gasteiger partial charge >= 0.3 is 6.03 Å². The molecule has 2 amide bonds. The zero-order valence-corrected chi connectivity index (χ0v) is 14.8. The number of anilines is 1. The van der Waals surface area contributed by atoms with Crippen molar-refractivity contribution < 1.29 is 4.79 Å². The fraction of sp³-hybridized carbons (Fsp3) is 0.389. The molecule has 1 N–H and O–H groups in total. The largest absolute Gasteiger partial charge is 0.322 e. The molecular weight excluding hydrogens is 328 g/mol. The van der Waals surface area contributed by atoms with Crippen molar-refractivity contribution in [2.45, 2.75) is 38.6 Å². The maximum absolute atomic E-state index is 12.8. The number of nitrogens with one attached hydrogen (secondary N) is 1. The summed E-state index contributed by atoms with van der Waals surface area (Å²) >= 11 is 7.95. The molecule has 1 aromatic carbocycles. The number of benzene rings is 1. The number of aryl methyl sites for hydroxylation is 1. The molecule has 2 heterocycles. The molecule has 2 aromatic rings. The van der Waals surface area contributed by atoms with Gasteiger partial charge in [-0.25, -0.2) is 4.79 Å². The van der Waals surface area contributed by atoms with Gasteiger partial charge in [0.25, 0.3) is 0 Å². The standard InChI is InChI=1S/C18H21ClN2OS/c1-13-10-11-17(23-13)16-9-3-2-6-12-21(16)18(22)20-15-8-5-4-7-14(15)19/h4-5,7-8,10-11,16H,2-3,6,9,12H2,1H3,(H,20,22)/t16-/m0/s1. The van der Waals surface area contributed by atoms with Gasteiger partial charge in [0, 0.05) is 16.3 Å². The molecule has 0 saturated carbocycles. The van der Waals surface area contributed by atoms with Crippen molar-refractivity contribution in [1.82, 2.24) is 4.90 Å². The highest BCUT2D eigenvalue weighted by Gasteiger charge is 2.28. The van der Waals surface area contributed by atoms with Gasteiger partial charge in [0.1, 0.15) is 0 Å². The molecule has 0 spiro atoms. The van der Waals surface area contributed by atoms with Gasteiger partial charge in [-0.15, -0.1) is 11.3 Å². The van der Waals surface area contributed by atoms with Gasteiger partial charge < -0.3 is 10.2 Å². The average molecular weight is 349 g/mol. The highest BCUT2D eigenvalue weighted by atomic mass is 35.5. The molecule has 1 atom stereocenters. The molecule has 3 rings (SSSR count). The van der Waals surface area contributed by atoms with Crippen LogP contribution in [0.4, 0.5) is 10.5 Å². The van der Waals surface area contributed by atoms with Crippen LogP contribution < -0.4 is 5.32 Å². The number of hydrogen-bond donors (Lipinski definition) is 1. The number of amides is 2. The number of rotatable bonds is 2. The van der Waals surface area contributed by atoms with Crippen molar-refractivity contribution in [1.29, 1.82) is 0 Å². The zero-order chi connectivity index (χ0) is 16.2. The van der Waals surface area contributed by atoms with Gasteiger partial charge in [-0.05, 0) is 44.0 Å². The molecule has 122 valence electrons. The van der Waals surface area contributed by atoms with Gasteiger partial charge in [0.05, 0.1) is 16.8 Å². The SMILES string of the molecule is Cc1ccc([C@@H]2CCCCCN2C(=O)Nc2ccccc2Cl)s1. The van der Waals surface area contributed by atoms with E-state index in [1.54, 1.807) is 17.4 Å². The fourth-order valence-electron chi connectivity index (χ4n) is 3.03. The van der Waals surface area contributed by atoms with Crippen molar-refractivity contribution in [3.8, 4) is 0 Å². The number of nitrogens with zero attached hydrogens (tertiary/aromatic N) is 1. The average Bonchev–Trinajstić information content (AvgIpc) is 2.82. The first kappa shape index (κ1) is 16.3. The Labute approximate surface area is 146 Å². The summed E-state index contributed by atoms with van der Waals surface area (Å²) in [5.41, 5.74) is 0.671. The number of para-hydroxylation sites is 1.